The fraction of sp³-hybridized carbons (Fsp3) is 0.314. The molecule has 1 aliphatic rings. The van der Waals surface area contributed by atoms with Crippen molar-refractivity contribution in [2.45, 2.75) is 63.4 Å². The molecule has 5 rings (SSSR count). The molecule has 10 heteroatoms. The summed E-state index contributed by atoms with van der Waals surface area (Å²) >= 11 is 0. The highest BCUT2D eigenvalue weighted by atomic mass is 32.2. The van der Waals surface area contributed by atoms with Gasteiger partial charge in [-0.25, -0.2) is 17.9 Å². The molecule has 45 heavy (non-hydrogen) atoms. The average Bonchev–Trinajstić information content (AvgIpc) is 3.69. The Bertz CT molecular complexity index is 1900. The van der Waals surface area contributed by atoms with Crippen LogP contribution in [-0.4, -0.2) is 38.6 Å². The molecular formula is C35H37N3O6S. The zero-order valence-electron chi connectivity index (χ0n) is 25.8. The lowest BCUT2D eigenvalue weighted by molar-refractivity contribution is 0.0980. The molecule has 1 unspecified atom stereocenters. The van der Waals surface area contributed by atoms with Crippen LogP contribution in [0.4, 0.5) is 10.5 Å². The van der Waals surface area contributed by atoms with Crippen LogP contribution in [0.2, 0.25) is 0 Å². The first-order valence-corrected chi connectivity index (χ1v) is 16.5. The second kappa shape index (κ2) is 13.5. The summed E-state index contributed by atoms with van der Waals surface area (Å²) in [5, 5.41) is 3.76. The first-order valence-electron chi connectivity index (χ1n) is 15.0. The molecule has 0 radical (unpaired) electrons. The van der Waals surface area contributed by atoms with Crippen LogP contribution < -0.4 is 14.8 Å². The third kappa shape index (κ3) is 7.32. The van der Waals surface area contributed by atoms with Crippen molar-refractivity contribution in [1.29, 1.82) is 0 Å². The summed E-state index contributed by atoms with van der Waals surface area (Å²) in [4.78, 5) is 28.8. The number of methoxy groups -OCH3 is 1. The molecule has 3 N–H and O–H groups in total. The molecule has 1 saturated carbocycles. The second-order valence-electron chi connectivity index (χ2n) is 11.5. The van der Waals surface area contributed by atoms with Crippen LogP contribution in [-0.2, 0) is 14.8 Å². The zero-order valence-corrected chi connectivity index (χ0v) is 26.6. The zero-order chi connectivity index (χ0) is 32.1. The van der Waals surface area contributed by atoms with E-state index >= 15 is 0 Å². The van der Waals surface area contributed by atoms with Gasteiger partial charge in [0.05, 0.1) is 7.11 Å². The number of fused-ring (bicyclic) bond motifs is 1. The van der Waals surface area contributed by atoms with Gasteiger partial charge in [-0.2, -0.15) is 0 Å². The Balaban J connectivity index is 1.36. The van der Waals surface area contributed by atoms with Crippen molar-refractivity contribution in [3.05, 3.63) is 89.1 Å². The van der Waals surface area contributed by atoms with E-state index in [1.165, 1.54) is 19.2 Å². The number of nitrogens with one attached hydrogen (secondary N) is 3. The minimum Gasteiger partial charge on any atom is -0.496 e. The minimum atomic E-state index is -4.20. The summed E-state index contributed by atoms with van der Waals surface area (Å²) < 4.78 is 39.8. The maximum atomic E-state index is 13.2. The average molecular weight is 628 g/mol. The number of H-pyrrole nitrogens is 1. The Morgan fingerprint density at radius 3 is 2.47 bits per heavy atom. The molecular weight excluding hydrogens is 590 g/mol. The number of carbonyl (C=O) groups excluding carboxylic acids is 2. The molecule has 1 aliphatic carbocycles. The quantitative estimate of drug-likeness (QED) is 0.182. The smallest absolute Gasteiger partial charge is 0.411 e. The standard InChI is InChI=1S/C35H37N3O6S/c1-22(2)13-14-24-9-5-8-12-33(24)45(41,42)38-34(39)25-15-17-28(32(19-25)43-4)23(3)30-21-36-31-18-16-26(20-29(30)31)37-35(40)44-27-10-6-7-11-27/h5,8-9,12,15-23,27,36H,6-7,10-11H2,1-4H3,(H,37,40)(H,38,39). The van der Waals surface area contributed by atoms with E-state index in [2.05, 4.69) is 26.9 Å². The lowest BCUT2D eigenvalue weighted by Crippen LogP contribution is -2.31. The molecule has 0 spiro atoms. The number of hydrogen-bond donors (Lipinski definition) is 3. The van der Waals surface area contributed by atoms with Gasteiger partial charge in [0.15, 0.2) is 0 Å². The van der Waals surface area contributed by atoms with Crippen molar-refractivity contribution in [3.8, 4) is 17.6 Å². The van der Waals surface area contributed by atoms with Gasteiger partial charge in [0.2, 0.25) is 0 Å². The largest absolute Gasteiger partial charge is 0.496 e. The van der Waals surface area contributed by atoms with Crippen LogP contribution in [0.25, 0.3) is 10.9 Å². The van der Waals surface area contributed by atoms with E-state index in [0.717, 1.165) is 47.7 Å². The van der Waals surface area contributed by atoms with Gasteiger partial charge in [-0.05, 0) is 73.7 Å². The van der Waals surface area contributed by atoms with E-state index in [9.17, 15) is 18.0 Å². The molecule has 0 bridgehead atoms. The van der Waals surface area contributed by atoms with Gasteiger partial charge in [-0.1, -0.05) is 50.8 Å². The SMILES string of the molecule is COc1cc(C(=O)NS(=O)(=O)c2ccccc2C#CC(C)C)ccc1C(C)c1c[nH]c2ccc(NC(=O)OC3CCCC3)cc12. The van der Waals surface area contributed by atoms with Crippen LogP contribution in [0.15, 0.2) is 71.8 Å². The van der Waals surface area contributed by atoms with E-state index in [4.69, 9.17) is 9.47 Å². The minimum absolute atomic E-state index is 0.0333. The molecule has 4 aromatic rings. The van der Waals surface area contributed by atoms with Crippen LogP contribution in [0.1, 0.15) is 79.4 Å². The molecule has 1 heterocycles. The first-order chi connectivity index (χ1) is 21.6. The molecule has 3 aromatic carbocycles. The Labute approximate surface area is 263 Å². The van der Waals surface area contributed by atoms with E-state index in [1.54, 1.807) is 30.3 Å². The van der Waals surface area contributed by atoms with Crippen molar-refractivity contribution < 1.29 is 27.5 Å². The molecule has 1 atom stereocenters. The van der Waals surface area contributed by atoms with E-state index in [0.29, 0.717) is 17.0 Å². The number of amides is 2. The third-order valence-corrected chi connectivity index (χ3v) is 9.25. The highest BCUT2D eigenvalue weighted by Crippen LogP contribution is 2.37. The van der Waals surface area contributed by atoms with Crippen molar-refractivity contribution in [1.82, 2.24) is 9.71 Å². The first kappa shape index (κ1) is 31.7. The van der Waals surface area contributed by atoms with Crippen molar-refractivity contribution in [2.24, 2.45) is 5.92 Å². The number of anilines is 1. The molecule has 1 aromatic heterocycles. The Morgan fingerprint density at radius 2 is 1.73 bits per heavy atom. The van der Waals surface area contributed by atoms with Crippen LogP contribution in [0, 0.1) is 17.8 Å². The third-order valence-electron chi connectivity index (χ3n) is 7.86. The van der Waals surface area contributed by atoms with Gasteiger partial charge in [0, 0.05) is 51.3 Å². The summed E-state index contributed by atoms with van der Waals surface area (Å²) in [6.07, 6.45) is 5.35. The van der Waals surface area contributed by atoms with Gasteiger partial charge >= 0.3 is 6.09 Å². The van der Waals surface area contributed by atoms with Gasteiger partial charge in [0.1, 0.15) is 16.7 Å². The summed E-state index contributed by atoms with van der Waals surface area (Å²) in [7, 11) is -2.70. The maximum Gasteiger partial charge on any atom is 0.411 e. The molecule has 0 saturated heterocycles. The lowest BCUT2D eigenvalue weighted by atomic mass is 9.91. The van der Waals surface area contributed by atoms with Crippen molar-refractivity contribution >= 4 is 38.6 Å². The van der Waals surface area contributed by atoms with Gasteiger partial charge in [-0.3, -0.25) is 10.1 Å². The fourth-order valence-electron chi connectivity index (χ4n) is 5.52. The number of carbonyl (C=O) groups is 2. The number of sulfonamides is 1. The number of aromatic amines is 1. The van der Waals surface area contributed by atoms with E-state index in [-0.39, 0.29) is 28.4 Å². The van der Waals surface area contributed by atoms with Gasteiger partial charge < -0.3 is 14.5 Å². The molecule has 2 amide bonds. The predicted molar refractivity (Wildman–Crippen MR) is 174 cm³/mol. The van der Waals surface area contributed by atoms with E-state index < -0.39 is 22.0 Å². The van der Waals surface area contributed by atoms with Crippen LogP contribution >= 0.6 is 0 Å². The summed E-state index contributed by atoms with van der Waals surface area (Å²) in [6, 6.07) is 16.8. The van der Waals surface area contributed by atoms with Crippen LogP contribution in [0.5, 0.6) is 5.75 Å². The Hall–Kier alpha value is -4.75. The highest BCUT2D eigenvalue weighted by molar-refractivity contribution is 7.90. The topological polar surface area (TPSA) is 127 Å². The summed E-state index contributed by atoms with van der Waals surface area (Å²) in [6.45, 7) is 5.83. The molecule has 9 nitrogen and oxygen atoms in total. The summed E-state index contributed by atoms with van der Waals surface area (Å²) in [5.74, 6) is 5.38. The van der Waals surface area contributed by atoms with Gasteiger partial charge in [-0.15, -0.1) is 0 Å². The highest BCUT2D eigenvalue weighted by Gasteiger charge is 2.24. The normalized spacial score (nSPS) is 14.1. The number of aromatic nitrogens is 1. The Morgan fingerprint density at radius 1 is 0.978 bits per heavy atom. The number of hydrogen-bond acceptors (Lipinski definition) is 6. The molecule has 0 aliphatic heterocycles. The Kier molecular flexibility index (Phi) is 9.49. The second-order valence-corrected chi connectivity index (χ2v) is 13.1. The molecule has 1 fully saturated rings. The maximum absolute atomic E-state index is 13.2. The predicted octanol–water partition coefficient (Wildman–Crippen LogP) is 6.95. The number of ether oxygens (including phenoxy) is 2. The van der Waals surface area contributed by atoms with Gasteiger partial charge in [0.25, 0.3) is 15.9 Å². The van der Waals surface area contributed by atoms with Crippen LogP contribution in [0.3, 0.4) is 0 Å². The summed E-state index contributed by atoms with van der Waals surface area (Å²) in [5.41, 5.74) is 3.71. The monoisotopic (exact) mass is 627 g/mol. The van der Waals surface area contributed by atoms with Crippen molar-refractivity contribution in [2.75, 3.05) is 12.4 Å². The lowest BCUT2D eigenvalue weighted by Gasteiger charge is -2.17. The van der Waals surface area contributed by atoms with E-state index in [1.807, 2.05) is 45.2 Å². The fourth-order valence-corrected chi connectivity index (χ4v) is 6.66. The molecule has 234 valence electrons. The number of benzene rings is 3. The van der Waals surface area contributed by atoms with Crippen molar-refractivity contribution in [3.63, 3.8) is 0 Å². The number of rotatable bonds is 8.